The predicted octanol–water partition coefficient (Wildman–Crippen LogP) is 3.74. The Kier molecular flexibility index (Phi) is 4.81. The maximum absolute atomic E-state index is 12.6. The van der Waals surface area contributed by atoms with Crippen LogP contribution in [0.3, 0.4) is 0 Å². The second-order valence-corrected chi connectivity index (χ2v) is 8.21. The van der Waals surface area contributed by atoms with Crippen molar-refractivity contribution in [1.82, 2.24) is 0 Å². The molecule has 2 aromatic rings. The molecule has 132 valence electrons. The average Bonchev–Trinajstić information content (AvgIpc) is 3.01. The Morgan fingerprint density at radius 3 is 2.40 bits per heavy atom. The highest BCUT2D eigenvalue weighted by molar-refractivity contribution is 7.92. The zero-order chi connectivity index (χ0) is 18.0. The smallest absolute Gasteiger partial charge is 0.261 e. The minimum Gasteiger partial charge on any atom is -0.312 e. The molecular formula is C19H22N2O3S. The van der Waals surface area contributed by atoms with Crippen molar-refractivity contribution in [2.75, 3.05) is 16.2 Å². The molecule has 0 aliphatic carbocycles. The van der Waals surface area contributed by atoms with E-state index in [1.807, 2.05) is 18.2 Å². The minimum atomic E-state index is -3.66. The normalized spacial score (nSPS) is 15.0. The number of rotatable bonds is 5. The first-order valence-corrected chi connectivity index (χ1v) is 9.88. The van der Waals surface area contributed by atoms with Crippen molar-refractivity contribution in [1.29, 1.82) is 0 Å². The van der Waals surface area contributed by atoms with Crippen LogP contribution in [0.2, 0.25) is 0 Å². The van der Waals surface area contributed by atoms with Gasteiger partial charge in [0.25, 0.3) is 10.0 Å². The Morgan fingerprint density at radius 2 is 1.80 bits per heavy atom. The molecule has 1 fully saturated rings. The molecule has 0 unspecified atom stereocenters. The summed E-state index contributed by atoms with van der Waals surface area (Å²) in [5.74, 6) is 0.420. The summed E-state index contributed by atoms with van der Waals surface area (Å²) in [5.41, 5.74) is 2.26. The molecule has 2 aromatic carbocycles. The molecule has 3 rings (SSSR count). The van der Waals surface area contributed by atoms with E-state index in [2.05, 4.69) is 18.6 Å². The second-order valence-electron chi connectivity index (χ2n) is 6.53. The summed E-state index contributed by atoms with van der Waals surface area (Å²) >= 11 is 0. The van der Waals surface area contributed by atoms with Crippen LogP contribution in [-0.4, -0.2) is 20.9 Å². The van der Waals surface area contributed by atoms with Crippen LogP contribution in [-0.2, 0) is 14.8 Å². The van der Waals surface area contributed by atoms with E-state index in [0.717, 1.165) is 17.7 Å². The summed E-state index contributed by atoms with van der Waals surface area (Å²) in [5, 5.41) is 0. The van der Waals surface area contributed by atoms with Gasteiger partial charge < -0.3 is 4.90 Å². The summed E-state index contributed by atoms with van der Waals surface area (Å²) < 4.78 is 27.8. The molecule has 0 atom stereocenters. The molecule has 5 nitrogen and oxygen atoms in total. The Hall–Kier alpha value is -2.34. The summed E-state index contributed by atoms with van der Waals surface area (Å²) in [4.78, 5) is 13.8. The number of carbonyl (C=O) groups is 1. The second kappa shape index (κ2) is 6.88. The fourth-order valence-electron chi connectivity index (χ4n) is 2.90. The van der Waals surface area contributed by atoms with Crippen LogP contribution in [0.4, 0.5) is 11.4 Å². The fraction of sp³-hybridized carbons (Fsp3) is 0.316. The number of nitrogens with one attached hydrogen (secondary N) is 1. The van der Waals surface area contributed by atoms with Gasteiger partial charge in [-0.05, 0) is 48.2 Å². The molecule has 1 aliphatic rings. The lowest BCUT2D eigenvalue weighted by Crippen LogP contribution is -2.23. The van der Waals surface area contributed by atoms with Gasteiger partial charge in [0.2, 0.25) is 5.91 Å². The van der Waals surface area contributed by atoms with E-state index < -0.39 is 10.0 Å². The van der Waals surface area contributed by atoms with Gasteiger partial charge in [-0.25, -0.2) is 8.42 Å². The number of anilines is 2. The molecule has 1 heterocycles. The highest BCUT2D eigenvalue weighted by atomic mass is 32.2. The number of hydrogen-bond acceptors (Lipinski definition) is 3. The largest absolute Gasteiger partial charge is 0.312 e. The standard InChI is InChI=1S/C19H22N2O3S/c1-14(2)15-8-10-18(11-9-15)25(23,24)20-16-5-3-6-17(13-16)21-12-4-7-19(21)22/h3,5-6,8-11,13-14,20H,4,7,12H2,1-2H3. The molecule has 0 saturated carbocycles. The van der Waals surface area contributed by atoms with E-state index in [1.54, 1.807) is 35.2 Å². The number of hydrogen-bond donors (Lipinski definition) is 1. The van der Waals surface area contributed by atoms with Gasteiger partial charge in [-0.2, -0.15) is 0 Å². The van der Waals surface area contributed by atoms with E-state index in [9.17, 15) is 13.2 Å². The molecule has 1 saturated heterocycles. The van der Waals surface area contributed by atoms with Crippen molar-refractivity contribution >= 4 is 27.3 Å². The van der Waals surface area contributed by atoms with E-state index in [1.165, 1.54) is 0 Å². The molecule has 1 aliphatic heterocycles. The maximum atomic E-state index is 12.6. The van der Waals surface area contributed by atoms with Gasteiger partial charge in [0, 0.05) is 18.7 Å². The first-order chi connectivity index (χ1) is 11.9. The van der Waals surface area contributed by atoms with Crippen LogP contribution in [0.1, 0.15) is 38.2 Å². The van der Waals surface area contributed by atoms with Crippen LogP contribution >= 0.6 is 0 Å². The van der Waals surface area contributed by atoms with Crippen molar-refractivity contribution in [3.8, 4) is 0 Å². The molecule has 0 radical (unpaired) electrons. The van der Waals surface area contributed by atoms with Crippen LogP contribution in [0.5, 0.6) is 0 Å². The van der Waals surface area contributed by atoms with E-state index in [0.29, 0.717) is 24.6 Å². The third kappa shape index (κ3) is 3.85. The van der Waals surface area contributed by atoms with Crippen molar-refractivity contribution < 1.29 is 13.2 Å². The van der Waals surface area contributed by atoms with Gasteiger partial charge in [0.15, 0.2) is 0 Å². The molecule has 1 N–H and O–H groups in total. The van der Waals surface area contributed by atoms with E-state index in [-0.39, 0.29) is 10.8 Å². The molecule has 0 bridgehead atoms. The molecular weight excluding hydrogens is 336 g/mol. The molecule has 0 spiro atoms. The Balaban J connectivity index is 1.82. The molecule has 25 heavy (non-hydrogen) atoms. The molecule has 0 aromatic heterocycles. The van der Waals surface area contributed by atoms with Crippen LogP contribution in [0.15, 0.2) is 53.4 Å². The Morgan fingerprint density at radius 1 is 1.08 bits per heavy atom. The highest BCUT2D eigenvalue weighted by Gasteiger charge is 2.22. The van der Waals surface area contributed by atoms with Crippen molar-refractivity contribution in [2.45, 2.75) is 37.5 Å². The topological polar surface area (TPSA) is 66.5 Å². The van der Waals surface area contributed by atoms with Crippen LogP contribution in [0, 0.1) is 0 Å². The molecule has 6 heteroatoms. The number of benzene rings is 2. The molecule has 1 amide bonds. The predicted molar refractivity (Wildman–Crippen MR) is 99.4 cm³/mol. The summed E-state index contributed by atoms with van der Waals surface area (Å²) in [6.45, 7) is 4.80. The number of sulfonamides is 1. The van der Waals surface area contributed by atoms with E-state index >= 15 is 0 Å². The van der Waals surface area contributed by atoms with Crippen molar-refractivity contribution in [3.05, 3.63) is 54.1 Å². The third-order valence-electron chi connectivity index (χ3n) is 4.34. The van der Waals surface area contributed by atoms with Gasteiger partial charge in [-0.3, -0.25) is 9.52 Å². The first kappa shape index (κ1) is 17.5. The Labute approximate surface area is 148 Å². The maximum Gasteiger partial charge on any atom is 0.261 e. The first-order valence-electron chi connectivity index (χ1n) is 8.40. The van der Waals surface area contributed by atoms with E-state index in [4.69, 9.17) is 0 Å². The fourth-order valence-corrected chi connectivity index (χ4v) is 3.95. The zero-order valence-electron chi connectivity index (χ0n) is 14.4. The summed E-state index contributed by atoms with van der Waals surface area (Å²) in [7, 11) is -3.66. The van der Waals surface area contributed by atoms with Crippen LogP contribution in [0.25, 0.3) is 0 Å². The van der Waals surface area contributed by atoms with Crippen LogP contribution < -0.4 is 9.62 Å². The van der Waals surface area contributed by atoms with Gasteiger partial charge in [-0.1, -0.05) is 32.0 Å². The van der Waals surface area contributed by atoms with Gasteiger partial charge >= 0.3 is 0 Å². The summed E-state index contributed by atoms with van der Waals surface area (Å²) in [6.07, 6.45) is 1.37. The van der Waals surface area contributed by atoms with Crippen molar-refractivity contribution in [2.24, 2.45) is 0 Å². The third-order valence-corrected chi connectivity index (χ3v) is 5.74. The lowest BCUT2D eigenvalue weighted by atomic mass is 10.0. The monoisotopic (exact) mass is 358 g/mol. The minimum absolute atomic E-state index is 0.0734. The quantitative estimate of drug-likeness (QED) is 0.885. The van der Waals surface area contributed by atoms with Gasteiger partial charge in [-0.15, -0.1) is 0 Å². The zero-order valence-corrected chi connectivity index (χ0v) is 15.2. The van der Waals surface area contributed by atoms with Gasteiger partial charge in [0.05, 0.1) is 10.6 Å². The Bertz CT molecular complexity index is 874. The lowest BCUT2D eigenvalue weighted by Gasteiger charge is -2.17. The number of carbonyl (C=O) groups excluding carboxylic acids is 1. The van der Waals surface area contributed by atoms with Crippen molar-refractivity contribution in [3.63, 3.8) is 0 Å². The average molecular weight is 358 g/mol. The number of nitrogens with zero attached hydrogens (tertiary/aromatic N) is 1. The highest BCUT2D eigenvalue weighted by Crippen LogP contribution is 2.26. The SMILES string of the molecule is CC(C)c1ccc(S(=O)(=O)Nc2cccc(N3CCCC3=O)c2)cc1. The number of amides is 1. The summed E-state index contributed by atoms with van der Waals surface area (Å²) in [6, 6.07) is 13.8. The van der Waals surface area contributed by atoms with Gasteiger partial charge in [0.1, 0.15) is 0 Å². The lowest BCUT2D eigenvalue weighted by molar-refractivity contribution is -0.117.